The molecule has 3 aromatic heterocycles. The summed E-state index contributed by atoms with van der Waals surface area (Å²) in [7, 11) is 2.59. The maximum atomic E-state index is 14.0. The van der Waals surface area contributed by atoms with Crippen molar-refractivity contribution in [2.75, 3.05) is 27.3 Å². The number of carbonyl (C=O) groups is 4. The number of nitrogens with zero attached hydrogens (tertiary/aromatic N) is 3. The second-order valence-electron chi connectivity index (χ2n) is 18.7. The van der Waals surface area contributed by atoms with Gasteiger partial charge in [-0.25, -0.2) is 14.6 Å². The molecule has 68 heavy (non-hydrogen) atoms. The van der Waals surface area contributed by atoms with Gasteiger partial charge >= 0.3 is 12.2 Å². The van der Waals surface area contributed by atoms with Crippen LogP contribution in [0.15, 0.2) is 72.9 Å². The molecule has 3 aliphatic heterocycles. The summed E-state index contributed by atoms with van der Waals surface area (Å²) < 4.78 is 16.7. The molecule has 3 aromatic carbocycles. The fourth-order valence-electron chi connectivity index (χ4n) is 10.2. The van der Waals surface area contributed by atoms with E-state index in [-0.39, 0.29) is 35.7 Å². The Morgan fingerprint density at radius 2 is 1.40 bits per heavy atom. The largest absolute Gasteiger partial charge is 0.480 e. The molecule has 0 radical (unpaired) electrons. The number of H-pyrrole nitrogens is 3. The van der Waals surface area contributed by atoms with Crippen molar-refractivity contribution in [2.45, 2.75) is 97.0 Å². The van der Waals surface area contributed by atoms with E-state index in [2.05, 4.69) is 75.0 Å². The van der Waals surface area contributed by atoms with Gasteiger partial charge in [0.05, 0.1) is 43.9 Å². The highest BCUT2D eigenvalue weighted by Gasteiger charge is 2.40. The SMILES string of the molecule is CCc1cc(-c2ccc3c(c2)OC(c2ccc(Cl)cc2)c2c-3[nH]c3ccc(-c4cnc([C@@H]5CCCN5C(=O)C(NC(=O)OC)C(C)C)[nH]4)cc23)[nH]c1[C@@H]1CCCN1C(=O)C(NC(=O)OC)C(C)C. The summed E-state index contributed by atoms with van der Waals surface area (Å²) in [5.74, 6) is 0.872. The predicted octanol–water partition coefficient (Wildman–Crippen LogP) is 10.0. The molecule has 0 saturated carbocycles. The van der Waals surface area contributed by atoms with Gasteiger partial charge in [0.25, 0.3) is 0 Å². The van der Waals surface area contributed by atoms with Gasteiger partial charge in [-0.3, -0.25) is 9.59 Å². The molecule has 3 aliphatic rings. The minimum absolute atomic E-state index is 0.117. The van der Waals surface area contributed by atoms with E-state index in [0.29, 0.717) is 23.9 Å². The van der Waals surface area contributed by atoms with E-state index in [1.54, 1.807) is 0 Å². The van der Waals surface area contributed by atoms with Crippen LogP contribution < -0.4 is 15.4 Å². The van der Waals surface area contributed by atoms with Crippen LogP contribution in [0, 0.1) is 11.8 Å². The third kappa shape index (κ3) is 8.68. The van der Waals surface area contributed by atoms with Crippen molar-refractivity contribution in [3.63, 3.8) is 0 Å². The molecule has 6 heterocycles. The highest BCUT2D eigenvalue weighted by Crippen LogP contribution is 2.50. The molecule has 356 valence electrons. The summed E-state index contributed by atoms with van der Waals surface area (Å²) in [5.41, 5.74) is 10.5. The first kappa shape index (κ1) is 46.4. The van der Waals surface area contributed by atoms with Gasteiger partial charge in [0.2, 0.25) is 11.8 Å². The van der Waals surface area contributed by atoms with Crippen LogP contribution in [0.25, 0.3) is 44.7 Å². The Balaban J connectivity index is 1.04. The van der Waals surface area contributed by atoms with Crippen LogP contribution in [0.3, 0.4) is 0 Å². The summed E-state index contributed by atoms with van der Waals surface area (Å²) in [6, 6.07) is 20.6. The number of halogens is 1. The summed E-state index contributed by atoms with van der Waals surface area (Å²) in [4.78, 5) is 71.7. The lowest BCUT2D eigenvalue weighted by Crippen LogP contribution is -2.51. The van der Waals surface area contributed by atoms with Gasteiger partial charge in [-0.15, -0.1) is 0 Å². The molecule has 15 nitrogen and oxygen atoms in total. The van der Waals surface area contributed by atoms with Crippen LogP contribution >= 0.6 is 11.6 Å². The summed E-state index contributed by atoms with van der Waals surface area (Å²) in [5, 5.41) is 7.10. The molecule has 9 rings (SSSR count). The molecular formula is C52H59ClN8O7. The number of carbonyl (C=O) groups excluding carboxylic acids is 4. The predicted molar refractivity (Wildman–Crippen MR) is 260 cm³/mol. The number of hydrogen-bond donors (Lipinski definition) is 5. The smallest absolute Gasteiger partial charge is 0.407 e. The Morgan fingerprint density at radius 3 is 2.03 bits per heavy atom. The van der Waals surface area contributed by atoms with Gasteiger partial charge in [0, 0.05) is 62.7 Å². The number of fused-ring (bicyclic) bond motifs is 5. The number of hydrogen-bond acceptors (Lipinski definition) is 8. The monoisotopic (exact) mass is 942 g/mol. The fraction of sp³-hybridized carbons (Fsp3) is 0.404. The molecule has 2 fully saturated rings. The van der Waals surface area contributed by atoms with E-state index in [4.69, 9.17) is 30.8 Å². The number of aromatic nitrogens is 4. The first-order valence-electron chi connectivity index (χ1n) is 23.6. The number of aryl methyl sites for hydroxylation is 1. The molecule has 2 saturated heterocycles. The van der Waals surface area contributed by atoms with E-state index in [9.17, 15) is 19.2 Å². The minimum atomic E-state index is -0.725. The third-order valence-electron chi connectivity index (χ3n) is 13.8. The molecule has 6 aromatic rings. The molecule has 5 atom stereocenters. The lowest BCUT2D eigenvalue weighted by molar-refractivity contribution is -0.136. The maximum absolute atomic E-state index is 14.0. The first-order valence-corrected chi connectivity index (χ1v) is 24.0. The van der Waals surface area contributed by atoms with Crippen LogP contribution in [-0.2, 0) is 25.5 Å². The quantitative estimate of drug-likeness (QED) is 0.0802. The second-order valence-corrected chi connectivity index (χ2v) is 19.1. The van der Waals surface area contributed by atoms with Crippen LogP contribution in [0.5, 0.6) is 5.75 Å². The third-order valence-corrected chi connectivity index (χ3v) is 14.1. The molecule has 0 bridgehead atoms. The number of amides is 4. The lowest BCUT2D eigenvalue weighted by atomic mass is 9.91. The Labute approximate surface area is 400 Å². The van der Waals surface area contributed by atoms with Gasteiger partial charge in [-0.1, -0.05) is 70.5 Å². The standard InChI is InChI=1S/C52H59ClN8O7/c1-8-29-24-37(56-45(29)39-11-9-21-60(39)49(62)43(27(2)3)58-51(64)66-6)32-15-19-34-41(25-32)68-47(30-13-17-33(53)18-14-30)42-35-23-31(16-20-36(35)55-46(34)42)38-26-54-48(57-38)40-12-10-22-61(40)50(63)44(28(4)5)59-52(65)67-7/h13-20,23-28,39-40,43-44,47,55-56H,8-12,21-22H2,1-7H3,(H,54,57)(H,58,64)(H,59,65)/t39-,40-,43?,44?,47?/m0/s1. The number of rotatable bonds is 12. The van der Waals surface area contributed by atoms with Crippen LogP contribution in [0.1, 0.15) is 107 Å². The van der Waals surface area contributed by atoms with Crippen molar-refractivity contribution < 1.29 is 33.4 Å². The second kappa shape index (κ2) is 19.1. The van der Waals surface area contributed by atoms with Crippen molar-refractivity contribution in [1.29, 1.82) is 0 Å². The van der Waals surface area contributed by atoms with Gasteiger partial charge < -0.3 is 49.6 Å². The number of alkyl carbamates (subject to hydrolysis) is 2. The van der Waals surface area contributed by atoms with Crippen molar-refractivity contribution in [3.8, 4) is 39.5 Å². The summed E-state index contributed by atoms with van der Waals surface area (Å²) in [6.07, 6.45) is 4.07. The normalized spacial score (nSPS) is 18.6. The molecule has 4 amide bonds. The number of likely N-dealkylation sites (tertiary alicyclic amines) is 2. The van der Waals surface area contributed by atoms with Crippen molar-refractivity contribution in [3.05, 3.63) is 106 Å². The van der Waals surface area contributed by atoms with Crippen molar-refractivity contribution >= 4 is 46.5 Å². The fourth-order valence-corrected chi connectivity index (χ4v) is 10.4. The van der Waals surface area contributed by atoms with Gasteiger partial charge in [-0.05, 0) is 97.5 Å². The molecule has 0 aliphatic carbocycles. The number of ether oxygens (including phenoxy) is 3. The van der Waals surface area contributed by atoms with E-state index in [1.807, 2.05) is 68.0 Å². The summed E-state index contributed by atoms with van der Waals surface area (Å²) in [6.45, 7) is 10.9. The summed E-state index contributed by atoms with van der Waals surface area (Å²) >= 11 is 6.42. The van der Waals surface area contributed by atoms with Crippen LogP contribution in [0.2, 0.25) is 5.02 Å². The number of methoxy groups -OCH3 is 2. The average Bonchev–Trinajstić information content (AvgIpc) is 4.20. The van der Waals surface area contributed by atoms with E-state index < -0.39 is 30.4 Å². The van der Waals surface area contributed by atoms with Crippen molar-refractivity contribution in [2.24, 2.45) is 11.8 Å². The number of aromatic amines is 3. The van der Waals surface area contributed by atoms with E-state index in [0.717, 1.165) is 105 Å². The topological polar surface area (TPSA) is 187 Å². The van der Waals surface area contributed by atoms with Gasteiger partial charge in [0.15, 0.2) is 6.10 Å². The highest BCUT2D eigenvalue weighted by atomic mass is 35.5. The number of imidazole rings is 1. The Hall–Kier alpha value is -6.74. The number of nitrogens with one attached hydrogen (secondary N) is 5. The van der Waals surface area contributed by atoms with E-state index in [1.165, 1.54) is 14.2 Å². The molecule has 0 spiro atoms. The average molecular weight is 944 g/mol. The zero-order valence-electron chi connectivity index (χ0n) is 39.5. The van der Waals surface area contributed by atoms with E-state index >= 15 is 0 Å². The van der Waals surface area contributed by atoms with Gasteiger partial charge in [-0.2, -0.15) is 0 Å². The maximum Gasteiger partial charge on any atom is 0.407 e. The zero-order valence-corrected chi connectivity index (χ0v) is 40.3. The van der Waals surface area contributed by atoms with Gasteiger partial charge in [0.1, 0.15) is 23.7 Å². The minimum Gasteiger partial charge on any atom is -0.480 e. The Bertz CT molecular complexity index is 2860. The van der Waals surface area contributed by atoms with Crippen LogP contribution in [0.4, 0.5) is 9.59 Å². The number of benzene rings is 3. The molecule has 3 unspecified atom stereocenters. The highest BCUT2D eigenvalue weighted by molar-refractivity contribution is 6.30. The first-order chi connectivity index (χ1) is 32.8. The molecule has 16 heteroatoms. The zero-order chi connectivity index (χ0) is 48.0. The molecule has 5 N–H and O–H groups in total. The van der Waals surface area contributed by atoms with Crippen molar-refractivity contribution in [1.82, 2.24) is 40.4 Å². The molecular weight excluding hydrogens is 884 g/mol. The Kier molecular flexibility index (Phi) is 13.0. The van der Waals surface area contributed by atoms with Crippen LogP contribution in [-0.4, -0.2) is 93.1 Å². The lowest BCUT2D eigenvalue weighted by Gasteiger charge is -2.31. The Morgan fingerprint density at radius 1 is 0.779 bits per heavy atom.